The summed E-state index contributed by atoms with van der Waals surface area (Å²) in [6, 6.07) is 109. The Labute approximate surface area is 611 Å². The molecule has 23 rings (SSSR count). The van der Waals surface area contributed by atoms with Crippen LogP contribution in [0.1, 0.15) is 25.1 Å². The molecular formula is C96H59N9S. The summed E-state index contributed by atoms with van der Waals surface area (Å²) in [7, 11) is 0. The third-order valence-electron chi connectivity index (χ3n) is 22.0. The maximum atomic E-state index is 5.47. The lowest BCUT2D eigenvalue weighted by Crippen LogP contribution is -2.17. The Balaban J connectivity index is 0.000000133. The molecule has 14 aromatic carbocycles. The van der Waals surface area contributed by atoms with Crippen LogP contribution in [0.25, 0.3) is 208 Å². The topological polar surface area (TPSA) is 100 Å². The highest BCUT2D eigenvalue weighted by Gasteiger charge is 2.40. The van der Waals surface area contributed by atoms with E-state index < -0.39 is 0 Å². The lowest BCUT2D eigenvalue weighted by molar-refractivity contribution is 0.636. The number of benzene rings is 14. The maximum Gasteiger partial charge on any atom is 0.161 e. The van der Waals surface area contributed by atoms with Gasteiger partial charge in [0, 0.05) is 105 Å². The molecule has 0 bridgehead atoms. The van der Waals surface area contributed by atoms with Crippen molar-refractivity contribution in [2.75, 3.05) is 0 Å². The van der Waals surface area contributed by atoms with Crippen LogP contribution in [0, 0.1) is 0 Å². The molecule has 0 N–H and O–H groups in total. The second-order valence-corrected chi connectivity index (χ2v) is 29.4. The largest absolute Gasteiger partial charge is 0.309 e. The van der Waals surface area contributed by atoms with Crippen LogP contribution in [-0.4, -0.2) is 44.0 Å². The Morgan fingerprint density at radius 2 is 0.858 bits per heavy atom. The van der Waals surface area contributed by atoms with Crippen molar-refractivity contribution >= 4 is 151 Å². The first-order chi connectivity index (χ1) is 52.3. The van der Waals surface area contributed by atoms with E-state index in [-0.39, 0.29) is 5.41 Å². The van der Waals surface area contributed by atoms with Crippen LogP contribution in [-0.2, 0) is 5.41 Å². The molecule has 106 heavy (non-hydrogen) atoms. The Hall–Kier alpha value is -13.7. The van der Waals surface area contributed by atoms with E-state index in [1.165, 1.54) is 91.5 Å². The molecule has 0 fully saturated rings. The summed E-state index contributed by atoms with van der Waals surface area (Å²) in [5.74, 6) is 2.25. The fraction of sp³-hybridized carbons (Fsp3) is 0.0312. The van der Waals surface area contributed by atoms with E-state index in [0.717, 1.165) is 116 Å². The molecule has 9 nitrogen and oxygen atoms in total. The molecule has 0 radical (unpaired) electrons. The average molecular weight is 1370 g/mol. The van der Waals surface area contributed by atoms with E-state index in [1.807, 2.05) is 30.7 Å². The van der Waals surface area contributed by atoms with E-state index in [0.29, 0.717) is 11.6 Å². The molecule has 10 heteroatoms. The van der Waals surface area contributed by atoms with E-state index >= 15 is 0 Å². The Morgan fingerprint density at radius 1 is 0.321 bits per heavy atom. The number of nitrogens with zero attached hydrogens (tertiary/aromatic N) is 9. The van der Waals surface area contributed by atoms with Crippen molar-refractivity contribution in [3.63, 3.8) is 0 Å². The molecule has 8 heterocycles. The lowest BCUT2D eigenvalue weighted by Gasteiger charge is -2.21. The van der Waals surface area contributed by atoms with Crippen molar-refractivity contribution in [3.05, 3.63) is 333 Å². The minimum Gasteiger partial charge on any atom is -0.309 e. The number of hydrogen-bond donors (Lipinski definition) is 0. The summed E-state index contributed by atoms with van der Waals surface area (Å²) in [5.41, 5.74) is 17.8. The highest BCUT2D eigenvalue weighted by Crippen LogP contribution is 2.53. The monoisotopic (exact) mass is 1370 g/mol. The summed E-state index contributed by atoms with van der Waals surface area (Å²) in [6.45, 7) is 4.57. The van der Waals surface area contributed by atoms with Gasteiger partial charge in [-0.1, -0.05) is 220 Å². The molecule has 0 amide bonds. The van der Waals surface area contributed by atoms with Crippen molar-refractivity contribution in [2.45, 2.75) is 19.3 Å². The maximum absolute atomic E-state index is 5.47. The third-order valence-corrected chi connectivity index (χ3v) is 23.1. The third kappa shape index (κ3) is 9.30. The molecule has 0 saturated heterocycles. The van der Waals surface area contributed by atoms with Crippen LogP contribution in [0.5, 0.6) is 0 Å². The first-order valence-electron chi connectivity index (χ1n) is 35.9. The van der Waals surface area contributed by atoms with Gasteiger partial charge in [-0.3, -0.25) is 14.5 Å². The normalized spacial score (nSPS) is 12.7. The summed E-state index contributed by atoms with van der Waals surface area (Å²) in [4.78, 5) is 36.6. The lowest BCUT2D eigenvalue weighted by atomic mass is 9.85. The quantitative estimate of drug-likeness (QED) is 0.163. The molecule has 8 aromatic heterocycles. The van der Waals surface area contributed by atoms with Gasteiger partial charge in [-0.2, -0.15) is 0 Å². The van der Waals surface area contributed by atoms with Crippen LogP contribution in [0.15, 0.2) is 322 Å². The van der Waals surface area contributed by atoms with Gasteiger partial charge in [-0.05, 0) is 162 Å². The van der Waals surface area contributed by atoms with Crippen molar-refractivity contribution in [2.24, 2.45) is 0 Å². The Morgan fingerprint density at radius 3 is 1.53 bits per heavy atom. The first-order valence-corrected chi connectivity index (χ1v) is 36.7. The van der Waals surface area contributed by atoms with Gasteiger partial charge in [0.1, 0.15) is 10.6 Å². The van der Waals surface area contributed by atoms with E-state index in [9.17, 15) is 0 Å². The Bertz CT molecular complexity index is 7420. The van der Waals surface area contributed by atoms with Crippen LogP contribution in [0.2, 0.25) is 0 Å². The van der Waals surface area contributed by atoms with Gasteiger partial charge in [0.2, 0.25) is 0 Å². The van der Waals surface area contributed by atoms with Gasteiger partial charge in [0.25, 0.3) is 0 Å². The van der Waals surface area contributed by atoms with Crippen molar-refractivity contribution in [3.8, 4) is 67.9 Å². The standard InChI is InChI=1S/C52H34N4.C44H25N5S/c1-52(2)44-19-8-7-17-41(44)48-49(54-51(55-50(48)52)37-21-20-31-16-10-24-53-45(31)28-37)40-18-9-15-36-25-38(22-23-39(36)40)56-46-29-34-13-5-3-11-32(34)26-42(46)43-27-33-12-4-6-14-35(33)30-47(43)56;1-2-10-29-24-37-34(22-28(29)9-1)40-32-12-4-3-8-26(32)17-19-36(40)49(37)39-20-18-31(25-46-39)42-41-33-13-5-6-14-38(33)50-44(41)48-43(47-42)30-16-15-27-11-7-21-45-35(27)23-30/h3-30H,1-2H3;1-25H. The predicted octanol–water partition coefficient (Wildman–Crippen LogP) is 24.7. The van der Waals surface area contributed by atoms with Gasteiger partial charge >= 0.3 is 0 Å². The summed E-state index contributed by atoms with van der Waals surface area (Å²) in [5, 5.41) is 21.5. The molecular weight excluding hydrogens is 1310 g/mol. The minimum atomic E-state index is -0.296. The second-order valence-electron chi connectivity index (χ2n) is 28.4. The molecule has 1 aliphatic rings. The van der Waals surface area contributed by atoms with Crippen molar-refractivity contribution in [1.82, 2.24) is 44.0 Å². The van der Waals surface area contributed by atoms with E-state index in [1.54, 1.807) is 11.3 Å². The number of fused-ring (bicyclic) bond motifs is 20. The zero-order chi connectivity index (χ0) is 69.9. The van der Waals surface area contributed by atoms with Crippen LogP contribution < -0.4 is 0 Å². The van der Waals surface area contributed by atoms with E-state index in [2.05, 4.69) is 324 Å². The van der Waals surface area contributed by atoms with E-state index in [4.69, 9.17) is 24.9 Å². The average Bonchev–Trinajstić information content (AvgIpc) is 1.57. The van der Waals surface area contributed by atoms with Gasteiger partial charge in [0.15, 0.2) is 11.6 Å². The summed E-state index contributed by atoms with van der Waals surface area (Å²) in [6.07, 6.45) is 5.63. The molecule has 0 aliphatic heterocycles. The summed E-state index contributed by atoms with van der Waals surface area (Å²) < 4.78 is 5.93. The molecule has 494 valence electrons. The van der Waals surface area contributed by atoms with Gasteiger partial charge in [0.05, 0.1) is 50.2 Å². The molecule has 0 saturated carbocycles. The van der Waals surface area contributed by atoms with Crippen molar-refractivity contribution in [1.29, 1.82) is 0 Å². The molecule has 0 spiro atoms. The number of pyridine rings is 3. The smallest absolute Gasteiger partial charge is 0.161 e. The number of thiophene rings is 1. The van der Waals surface area contributed by atoms with Gasteiger partial charge in [-0.25, -0.2) is 24.9 Å². The number of aromatic nitrogens is 9. The number of hydrogen-bond acceptors (Lipinski definition) is 8. The van der Waals surface area contributed by atoms with Gasteiger partial charge in [-0.15, -0.1) is 11.3 Å². The first kappa shape index (κ1) is 60.0. The van der Waals surface area contributed by atoms with Crippen LogP contribution in [0.3, 0.4) is 0 Å². The van der Waals surface area contributed by atoms with Crippen molar-refractivity contribution < 1.29 is 0 Å². The van der Waals surface area contributed by atoms with Gasteiger partial charge < -0.3 is 4.57 Å². The zero-order valence-corrected chi connectivity index (χ0v) is 58.3. The fourth-order valence-electron chi connectivity index (χ4n) is 16.9. The second kappa shape index (κ2) is 23.2. The highest BCUT2D eigenvalue weighted by molar-refractivity contribution is 7.25. The number of rotatable bonds is 6. The Kier molecular flexibility index (Phi) is 13.1. The summed E-state index contributed by atoms with van der Waals surface area (Å²) >= 11 is 1.70. The molecule has 0 unspecified atom stereocenters. The molecule has 1 aliphatic carbocycles. The molecule has 0 atom stereocenters. The molecule has 22 aromatic rings. The minimum absolute atomic E-state index is 0.296. The highest BCUT2D eigenvalue weighted by atomic mass is 32.1. The predicted molar refractivity (Wildman–Crippen MR) is 441 cm³/mol. The zero-order valence-electron chi connectivity index (χ0n) is 57.5. The van der Waals surface area contributed by atoms with Crippen LogP contribution in [0.4, 0.5) is 0 Å². The fourth-order valence-corrected chi connectivity index (χ4v) is 18.0. The SMILES string of the molecule is CC1(C)c2ccccc2-c2c(-c3cccc4cc(-n5c6cc7ccccc7cc6c6cc7ccccc7cc65)ccc34)nc(-c3ccc4cccnc4c3)nc21.c1ccc2cc3c(cc2c1)c1c2ccccc2ccc1n3-c1ccc(-c2nc(-c3ccc4cccnc4c3)nc3sc4ccccc4c23)cn1. The van der Waals surface area contributed by atoms with Crippen LogP contribution >= 0.6 is 11.3 Å².